The number of aliphatic hydroxyl groups is 1. The molecule has 0 rings (SSSR count). The molecular formula is C7H19NO2. The second-order valence-electron chi connectivity index (χ2n) is 2.46. The molecule has 64 valence electrons. The smallest absolute Gasteiger partial charge is 0.220 e. The molecule has 1 amide bonds. The van der Waals surface area contributed by atoms with Crippen molar-refractivity contribution in [1.82, 2.24) is 0 Å². The van der Waals surface area contributed by atoms with E-state index >= 15 is 0 Å². The van der Waals surface area contributed by atoms with Crippen LogP contribution in [-0.4, -0.2) is 16.6 Å². The average molecular weight is 149 g/mol. The van der Waals surface area contributed by atoms with Crippen molar-refractivity contribution in [2.24, 2.45) is 5.73 Å². The Bertz CT molecular complexity index is 94.3. The van der Waals surface area contributed by atoms with Crippen LogP contribution in [-0.2, 0) is 4.79 Å². The Balaban J connectivity index is -0.000000245. The van der Waals surface area contributed by atoms with Gasteiger partial charge in [0.2, 0.25) is 5.91 Å². The van der Waals surface area contributed by atoms with Crippen LogP contribution in [0, 0.1) is 0 Å². The molecule has 3 heteroatoms. The van der Waals surface area contributed by atoms with E-state index in [2.05, 4.69) is 0 Å². The molecule has 0 aliphatic carbocycles. The van der Waals surface area contributed by atoms with E-state index in [1.807, 2.05) is 0 Å². The third-order valence-electron chi connectivity index (χ3n) is 0.607. The van der Waals surface area contributed by atoms with E-state index in [0.29, 0.717) is 0 Å². The number of carbonyl (C=O) groups excluding carboxylic acids is 1. The molecule has 10 heavy (non-hydrogen) atoms. The minimum absolute atomic E-state index is 0. The number of amides is 1. The zero-order valence-electron chi connectivity index (χ0n) is 5.14. The summed E-state index contributed by atoms with van der Waals surface area (Å²) in [5.41, 5.74) is 3.83. The van der Waals surface area contributed by atoms with Crippen molar-refractivity contribution in [2.45, 2.75) is 40.7 Å². The standard InChI is InChI=1S/C5H11NO2.2CH4/c1-5(2,8)3-4(6)7;;/h8H,3H2,1-2H3,(H2,6,7);2*1H4. The monoisotopic (exact) mass is 149 g/mol. The Morgan fingerprint density at radius 2 is 1.80 bits per heavy atom. The van der Waals surface area contributed by atoms with Crippen LogP contribution in [0.3, 0.4) is 0 Å². The highest BCUT2D eigenvalue weighted by Gasteiger charge is 2.14. The summed E-state index contributed by atoms with van der Waals surface area (Å²) in [5.74, 6) is -0.475. The zero-order chi connectivity index (χ0) is 6.78. The summed E-state index contributed by atoms with van der Waals surface area (Å²) in [5, 5.41) is 8.89. The van der Waals surface area contributed by atoms with Gasteiger partial charge in [0.1, 0.15) is 0 Å². The Morgan fingerprint density at radius 3 is 1.80 bits per heavy atom. The first kappa shape index (κ1) is 16.2. The summed E-state index contributed by atoms with van der Waals surface area (Å²) in [6.45, 7) is 3.08. The van der Waals surface area contributed by atoms with Gasteiger partial charge in [0, 0.05) is 0 Å². The predicted molar refractivity (Wildman–Crippen MR) is 43.6 cm³/mol. The van der Waals surface area contributed by atoms with Gasteiger partial charge in [-0.1, -0.05) is 14.9 Å². The van der Waals surface area contributed by atoms with Gasteiger partial charge < -0.3 is 10.8 Å². The Morgan fingerprint density at radius 1 is 1.50 bits per heavy atom. The number of nitrogens with two attached hydrogens (primary N) is 1. The van der Waals surface area contributed by atoms with E-state index in [0.717, 1.165) is 0 Å². The van der Waals surface area contributed by atoms with Gasteiger partial charge in [0.15, 0.2) is 0 Å². The molecule has 0 aliphatic rings. The fraction of sp³-hybridized carbons (Fsp3) is 0.857. The summed E-state index contributed by atoms with van der Waals surface area (Å²) in [7, 11) is 0. The lowest BCUT2D eigenvalue weighted by Gasteiger charge is -2.12. The third kappa shape index (κ3) is 15.7. The molecular weight excluding hydrogens is 130 g/mol. The molecule has 0 atom stereocenters. The Labute approximate surface area is 63.2 Å². The van der Waals surface area contributed by atoms with Crippen molar-refractivity contribution in [3.63, 3.8) is 0 Å². The van der Waals surface area contributed by atoms with Gasteiger partial charge in [-0.15, -0.1) is 0 Å². The van der Waals surface area contributed by atoms with E-state index < -0.39 is 11.5 Å². The fourth-order valence-electron chi connectivity index (χ4n) is 0.426. The second-order valence-corrected chi connectivity index (χ2v) is 2.46. The largest absolute Gasteiger partial charge is 0.390 e. The van der Waals surface area contributed by atoms with Crippen molar-refractivity contribution in [3.05, 3.63) is 0 Å². The maximum absolute atomic E-state index is 10.1. The van der Waals surface area contributed by atoms with Crippen molar-refractivity contribution < 1.29 is 9.90 Å². The van der Waals surface area contributed by atoms with Crippen molar-refractivity contribution >= 4 is 5.91 Å². The van der Waals surface area contributed by atoms with Gasteiger partial charge in [0.25, 0.3) is 0 Å². The van der Waals surface area contributed by atoms with Crippen molar-refractivity contribution in [1.29, 1.82) is 0 Å². The molecule has 0 unspecified atom stereocenters. The maximum atomic E-state index is 10.1. The zero-order valence-corrected chi connectivity index (χ0v) is 5.14. The van der Waals surface area contributed by atoms with Gasteiger partial charge in [-0.2, -0.15) is 0 Å². The summed E-state index contributed by atoms with van der Waals surface area (Å²) >= 11 is 0. The van der Waals surface area contributed by atoms with Crippen LogP contribution in [0.4, 0.5) is 0 Å². The first-order valence-corrected chi connectivity index (χ1v) is 2.42. The summed E-state index contributed by atoms with van der Waals surface area (Å²) < 4.78 is 0. The van der Waals surface area contributed by atoms with Gasteiger partial charge >= 0.3 is 0 Å². The summed E-state index contributed by atoms with van der Waals surface area (Å²) in [6.07, 6.45) is 0.0208. The number of rotatable bonds is 2. The summed E-state index contributed by atoms with van der Waals surface area (Å²) in [6, 6.07) is 0. The molecule has 0 aromatic carbocycles. The van der Waals surface area contributed by atoms with E-state index in [1.165, 1.54) is 13.8 Å². The molecule has 0 saturated heterocycles. The van der Waals surface area contributed by atoms with Crippen molar-refractivity contribution in [2.75, 3.05) is 0 Å². The maximum Gasteiger partial charge on any atom is 0.220 e. The second kappa shape index (κ2) is 5.23. The number of hydrogen-bond donors (Lipinski definition) is 2. The predicted octanol–water partition coefficient (Wildman–Crippen LogP) is 0.905. The molecule has 0 fully saturated rings. The van der Waals surface area contributed by atoms with Crippen molar-refractivity contribution in [3.8, 4) is 0 Å². The van der Waals surface area contributed by atoms with Crippen LogP contribution in [0.25, 0.3) is 0 Å². The van der Waals surface area contributed by atoms with Gasteiger partial charge in [-0.25, -0.2) is 0 Å². The molecule has 0 heterocycles. The van der Waals surface area contributed by atoms with Gasteiger partial charge in [-0.3, -0.25) is 4.79 Å². The van der Waals surface area contributed by atoms with Crippen LogP contribution in [0.5, 0.6) is 0 Å². The van der Waals surface area contributed by atoms with Gasteiger partial charge in [0.05, 0.1) is 12.0 Å². The van der Waals surface area contributed by atoms with Crippen LogP contribution >= 0.6 is 0 Å². The van der Waals surface area contributed by atoms with E-state index in [4.69, 9.17) is 10.8 Å². The quantitative estimate of drug-likeness (QED) is 0.612. The number of hydrogen-bond acceptors (Lipinski definition) is 2. The van der Waals surface area contributed by atoms with Crippen LogP contribution < -0.4 is 5.73 Å². The molecule has 0 bridgehead atoms. The minimum atomic E-state index is -0.953. The van der Waals surface area contributed by atoms with E-state index in [9.17, 15) is 4.79 Å². The SMILES string of the molecule is C.C.CC(C)(O)CC(N)=O. The molecule has 0 aromatic heterocycles. The van der Waals surface area contributed by atoms with Crippen LogP contribution in [0.1, 0.15) is 35.1 Å². The molecule has 0 aromatic rings. The van der Waals surface area contributed by atoms with E-state index in [-0.39, 0.29) is 21.3 Å². The first-order chi connectivity index (χ1) is 3.42. The highest BCUT2D eigenvalue weighted by Crippen LogP contribution is 2.04. The Kier molecular flexibility index (Phi) is 8.48. The number of primary amides is 1. The lowest BCUT2D eigenvalue weighted by atomic mass is 10.1. The normalized spacial score (nSPS) is 9.10. The topological polar surface area (TPSA) is 63.3 Å². The molecule has 3 N–H and O–H groups in total. The first-order valence-electron chi connectivity index (χ1n) is 2.42. The van der Waals surface area contributed by atoms with Crippen LogP contribution in [0.2, 0.25) is 0 Å². The highest BCUT2D eigenvalue weighted by molar-refractivity contribution is 5.74. The molecule has 3 nitrogen and oxygen atoms in total. The van der Waals surface area contributed by atoms with Gasteiger partial charge in [-0.05, 0) is 13.8 Å². The third-order valence-corrected chi connectivity index (χ3v) is 0.607. The lowest BCUT2D eigenvalue weighted by molar-refractivity contribution is -0.121. The lowest BCUT2D eigenvalue weighted by Crippen LogP contribution is -2.27. The fourth-order valence-corrected chi connectivity index (χ4v) is 0.426. The summed E-state index contributed by atoms with van der Waals surface area (Å²) in [4.78, 5) is 10.1. The number of carbonyl (C=O) groups is 1. The van der Waals surface area contributed by atoms with Crippen LogP contribution in [0.15, 0.2) is 0 Å². The molecule has 0 aliphatic heterocycles. The Hall–Kier alpha value is -0.570. The minimum Gasteiger partial charge on any atom is -0.390 e. The molecule has 0 radical (unpaired) electrons. The van der Waals surface area contributed by atoms with E-state index in [1.54, 1.807) is 0 Å². The highest BCUT2D eigenvalue weighted by atomic mass is 16.3. The average Bonchev–Trinajstić information content (AvgIpc) is 1.21. The molecule has 0 spiro atoms. The molecule has 0 saturated carbocycles.